The van der Waals surface area contributed by atoms with Gasteiger partial charge in [0, 0.05) is 22.1 Å². The Labute approximate surface area is 293 Å². The molecule has 50 heavy (non-hydrogen) atoms. The summed E-state index contributed by atoms with van der Waals surface area (Å²) in [5.74, 6) is 1.97. The van der Waals surface area contributed by atoms with Crippen LogP contribution >= 0.6 is 0 Å². The SMILES string of the molecule is Cc1cc(-c2ccc3cc4c(cc3c2)C(C)(C)c2ccccc2-4)ccc1-c1ccccc1-c1nc(-c2ccccc2)nc(-c2ccccc2)n1. The quantitative estimate of drug-likeness (QED) is 0.188. The molecule has 0 saturated carbocycles. The molecule has 0 spiro atoms. The topological polar surface area (TPSA) is 38.7 Å². The van der Waals surface area contributed by atoms with Gasteiger partial charge in [-0.3, -0.25) is 0 Å². The minimum Gasteiger partial charge on any atom is -0.208 e. The molecule has 1 aliphatic carbocycles. The molecule has 3 nitrogen and oxygen atoms in total. The Hall–Kier alpha value is -6.19. The average molecular weight is 642 g/mol. The fourth-order valence-corrected chi connectivity index (χ4v) is 7.61. The molecular formula is C47H35N3. The standard InChI is InChI=1S/C47H35N3/c1-30-26-33(34-22-23-35-28-41-39-19-12-13-21-42(39)47(2,3)43(41)29-36(35)27-34)24-25-37(30)38-18-10-11-20-40(38)46-49-44(31-14-6-4-7-15-31)48-45(50-46)32-16-8-5-9-17-32/h4-29H,1-3H3. The van der Waals surface area contributed by atoms with Crippen LogP contribution in [-0.4, -0.2) is 15.0 Å². The lowest BCUT2D eigenvalue weighted by Gasteiger charge is -2.21. The summed E-state index contributed by atoms with van der Waals surface area (Å²) in [5, 5.41) is 2.54. The summed E-state index contributed by atoms with van der Waals surface area (Å²) >= 11 is 0. The Morgan fingerprint density at radius 3 is 1.60 bits per heavy atom. The van der Waals surface area contributed by atoms with Crippen molar-refractivity contribution >= 4 is 10.8 Å². The number of hydrogen-bond acceptors (Lipinski definition) is 3. The predicted octanol–water partition coefficient (Wildman–Crippen LogP) is 12.0. The van der Waals surface area contributed by atoms with Crippen LogP contribution in [-0.2, 0) is 5.41 Å². The summed E-state index contributed by atoms with van der Waals surface area (Å²) in [5.41, 5.74) is 14.2. The van der Waals surface area contributed by atoms with Gasteiger partial charge in [-0.25, -0.2) is 15.0 Å². The van der Waals surface area contributed by atoms with Gasteiger partial charge in [0.1, 0.15) is 0 Å². The molecule has 0 fully saturated rings. The second-order valence-corrected chi connectivity index (χ2v) is 13.7. The minimum absolute atomic E-state index is 0.0238. The van der Waals surface area contributed by atoms with Crippen molar-refractivity contribution in [1.29, 1.82) is 0 Å². The van der Waals surface area contributed by atoms with Gasteiger partial charge in [0.2, 0.25) is 0 Å². The highest BCUT2D eigenvalue weighted by Gasteiger charge is 2.35. The van der Waals surface area contributed by atoms with Crippen molar-refractivity contribution in [2.45, 2.75) is 26.2 Å². The Kier molecular flexibility index (Phi) is 7.03. The van der Waals surface area contributed by atoms with Crippen molar-refractivity contribution < 1.29 is 0 Å². The van der Waals surface area contributed by atoms with E-state index in [2.05, 4.69) is 118 Å². The van der Waals surface area contributed by atoms with Crippen LogP contribution in [0.3, 0.4) is 0 Å². The molecule has 0 bridgehead atoms. The van der Waals surface area contributed by atoms with Crippen LogP contribution in [0.4, 0.5) is 0 Å². The number of benzene rings is 7. The van der Waals surface area contributed by atoms with Gasteiger partial charge in [-0.1, -0.05) is 153 Å². The molecule has 238 valence electrons. The summed E-state index contributed by atoms with van der Waals surface area (Å²) in [4.78, 5) is 15.0. The summed E-state index contributed by atoms with van der Waals surface area (Å²) < 4.78 is 0. The van der Waals surface area contributed by atoms with E-state index in [0.29, 0.717) is 17.5 Å². The zero-order valence-electron chi connectivity index (χ0n) is 28.4. The van der Waals surface area contributed by atoms with Crippen molar-refractivity contribution in [3.8, 4) is 67.5 Å². The molecule has 1 aromatic heterocycles. The molecule has 0 amide bonds. The van der Waals surface area contributed by atoms with Crippen LogP contribution in [0.25, 0.3) is 78.3 Å². The molecule has 8 aromatic rings. The van der Waals surface area contributed by atoms with Crippen molar-refractivity contribution in [2.75, 3.05) is 0 Å². The maximum absolute atomic E-state index is 5.04. The smallest absolute Gasteiger partial charge is 0.164 e. The first-order chi connectivity index (χ1) is 24.4. The molecule has 9 rings (SSSR count). The molecular weight excluding hydrogens is 607 g/mol. The van der Waals surface area contributed by atoms with Gasteiger partial charge in [0.25, 0.3) is 0 Å². The van der Waals surface area contributed by atoms with Crippen LogP contribution in [0, 0.1) is 6.92 Å². The maximum atomic E-state index is 5.04. The number of aryl methyl sites for hydroxylation is 1. The Balaban J connectivity index is 1.11. The molecule has 0 unspecified atom stereocenters. The van der Waals surface area contributed by atoms with E-state index in [1.807, 2.05) is 60.7 Å². The molecule has 3 heteroatoms. The van der Waals surface area contributed by atoms with E-state index in [-0.39, 0.29) is 5.41 Å². The molecule has 0 N–H and O–H groups in total. The van der Waals surface area contributed by atoms with Gasteiger partial charge in [-0.15, -0.1) is 0 Å². The molecule has 7 aromatic carbocycles. The van der Waals surface area contributed by atoms with E-state index in [4.69, 9.17) is 15.0 Å². The van der Waals surface area contributed by atoms with Crippen LogP contribution in [0.5, 0.6) is 0 Å². The zero-order valence-corrected chi connectivity index (χ0v) is 28.4. The Morgan fingerprint density at radius 2 is 0.920 bits per heavy atom. The third-order valence-electron chi connectivity index (χ3n) is 10.3. The number of hydrogen-bond donors (Lipinski definition) is 0. The number of aromatic nitrogens is 3. The summed E-state index contributed by atoms with van der Waals surface area (Å²) in [7, 11) is 0. The lowest BCUT2D eigenvalue weighted by atomic mass is 9.82. The highest BCUT2D eigenvalue weighted by Crippen LogP contribution is 2.50. The minimum atomic E-state index is -0.0238. The van der Waals surface area contributed by atoms with Gasteiger partial charge < -0.3 is 0 Å². The second kappa shape index (κ2) is 11.7. The number of fused-ring (bicyclic) bond motifs is 4. The molecule has 0 radical (unpaired) electrons. The monoisotopic (exact) mass is 641 g/mol. The first-order valence-corrected chi connectivity index (χ1v) is 17.2. The third kappa shape index (κ3) is 5.02. The van der Waals surface area contributed by atoms with Gasteiger partial charge in [-0.2, -0.15) is 0 Å². The first kappa shape index (κ1) is 29.9. The highest BCUT2D eigenvalue weighted by atomic mass is 15.0. The van der Waals surface area contributed by atoms with E-state index < -0.39 is 0 Å². The Bertz CT molecular complexity index is 2510. The lowest BCUT2D eigenvalue weighted by Crippen LogP contribution is -2.14. The van der Waals surface area contributed by atoms with Crippen LogP contribution in [0.1, 0.15) is 30.5 Å². The van der Waals surface area contributed by atoms with Crippen molar-refractivity contribution in [2.24, 2.45) is 0 Å². The average Bonchev–Trinajstić information content (AvgIpc) is 3.39. The van der Waals surface area contributed by atoms with Crippen LogP contribution in [0.15, 0.2) is 158 Å². The summed E-state index contributed by atoms with van der Waals surface area (Å²) in [6.45, 7) is 6.88. The summed E-state index contributed by atoms with van der Waals surface area (Å²) in [6.07, 6.45) is 0. The van der Waals surface area contributed by atoms with Gasteiger partial charge in [-0.05, 0) is 86.0 Å². The molecule has 0 saturated heterocycles. The Morgan fingerprint density at radius 1 is 0.360 bits per heavy atom. The highest BCUT2D eigenvalue weighted by molar-refractivity contribution is 5.96. The normalized spacial score (nSPS) is 12.9. The fourth-order valence-electron chi connectivity index (χ4n) is 7.61. The number of rotatable bonds is 5. The van der Waals surface area contributed by atoms with Crippen LogP contribution in [0.2, 0.25) is 0 Å². The summed E-state index contributed by atoms with van der Waals surface area (Å²) in [6, 6.07) is 56.0. The van der Waals surface area contributed by atoms with Crippen LogP contribution < -0.4 is 0 Å². The van der Waals surface area contributed by atoms with Gasteiger partial charge in [0.15, 0.2) is 17.5 Å². The molecule has 1 aliphatic rings. The van der Waals surface area contributed by atoms with Crippen molar-refractivity contribution in [1.82, 2.24) is 15.0 Å². The number of nitrogens with zero attached hydrogens (tertiary/aromatic N) is 3. The van der Waals surface area contributed by atoms with E-state index in [9.17, 15) is 0 Å². The van der Waals surface area contributed by atoms with Gasteiger partial charge in [0.05, 0.1) is 0 Å². The molecule has 1 heterocycles. The van der Waals surface area contributed by atoms with E-state index in [0.717, 1.165) is 27.8 Å². The van der Waals surface area contributed by atoms with E-state index in [1.54, 1.807) is 0 Å². The molecule has 0 aliphatic heterocycles. The largest absolute Gasteiger partial charge is 0.208 e. The van der Waals surface area contributed by atoms with E-state index in [1.165, 1.54) is 49.7 Å². The van der Waals surface area contributed by atoms with Crippen molar-refractivity contribution in [3.63, 3.8) is 0 Å². The van der Waals surface area contributed by atoms with Gasteiger partial charge >= 0.3 is 0 Å². The maximum Gasteiger partial charge on any atom is 0.164 e. The zero-order chi connectivity index (χ0) is 33.8. The molecule has 0 atom stereocenters. The first-order valence-electron chi connectivity index (χ1n) is 17.2. The third-order valence-corrected chi connectivity index (χ3v) is 10.3. The van der Waals surface area contributed by atoms with Crippen molar-refractivity contribution in [3.05, 3.63) is 174 Å². The lowest BCUT2D eigenvalue weighted by molar-refractivity contribution is 0.661. The van der Waals surface area contributed by atoms with E-state index >= 15 is 0 Å². The predicted molar refractivity (Wildman–Crippen MR) is 207 cm³/mol. The fraction of sp³-hybridized carbons (Fsp3) is 0.0851. The second-order valence-electron chi connectivity index (χ2n) is 13.7.